The molecule has 9 heteroatoms. The number of phosphoric acid groups is 1. The van der Waals surface area contributed by atoms with Crippen molar-refractivity contribution >= 4 is 13.7 Å². The van der Waals surface area contributed by atoms with E-state index in [9.17, 15) is 19.4 Å². The van der Waals surface area contributed by atoms with Crippen LogP contribution < -0.4 is 10.2 Å². The van der Waals surface area contributed by atoms with Gasteiger partial charge in [-0.2, -0.15) is 0 Å². The van der Waals surface area contributed by atoms with Crippen molar-refractivity contribution < 1.29 is 32.9 Å². The van der Waals surface area contributed by atoms with Gasteiger partial charge in [-0.1, -0.05) is 243 Å². The van der Waals surface area contributed by atoms with Crippen LogP contribution in [-0.4, -0.2) is 68.5 Å². The predicted molar refractivity (Wildman–Crippen MR) is 279 cm³/mol. The van der Waals surface area contributed by atoms with Gasteiger partial charge in [0.1, 0.15) is 13.2 Å². The van der Waals surface area contributed by atoms with Crippen LogP contribution in [0.4, 0.5) is 0 Å². The maximum Gasteiger partial charge on any atom is 0.268 e. The molecule has 0 radical (unpaired) electrons. The first kappa shape index (κ1) is 63.7. The van der Waals surface area contributed by atoms with E-state index in [-0.39, 0.29) is 19.1 Å². The number of nitrogens with zero attached hydrogens (tertiary/aromatic N) is 1. The molecule has 0 aromatic rings. The van der Waals surface area contributed by atoms with Gasteiger partial charge >= 0.3 is 0 Å². The highest BCUT2D eigenvalue weighted by atomic mass is 31.2. The fourth-order valence-electron chi connectivity index (χ4n) is 8.18. The zero-order valence-corrected chi connectivity index (χ0v) is 44.6. The summed E-state index contributed by atoms with van der Waals surface area (Å²) >= 11 is 0. The minimum absolute atomic E-state index is 0.00246. The number of amides is 1. The Hall–Kier alpha value is -1.28. The minimum atomic E-state index is -4.60. The second-order valence-corrected chi connectivity index (χ2v) is 21.7. The van der Waals surface area contributed by atoms with Crippen molar-refractivity contribution in [3.63, 3.8) is 0 Å². The summed E-state index contributed by atoms with van der Waals surface area (Å²) in [6.07, 6.45) is 60.7. The highest BCUT2D eigenvalue weighted by Crippen LogP contribution is 2.38. The van der Waals surface area contributed by atoms with Gasteiger partial charge in [0, 0.05) is 6.42 Å². The van der Waals surface area contributed by atoms with Crippen LogP contribution in [0.2, 0.25) is 0 Å². The van der Waals surface area contributed by atoms with Crippen LogP contribution in [0.25, 0.3) is 0 Å². The molecule has 0 bridgehead atoms. The number of carbonyl (C=O) groups is 1. The highest BCUT2D eigenvalue weighted by Gasteiger charge is 2.23. The molecule has 0 saturated carbocycles. The van der Waals surface area contributed by atoms with Gasteiger partial charge in [-0.05, 0) is 51.4 Å². The molecule has 0 aromatic carbocycles. The average molecular weight is 937 g/mol. The van der Waals surface area contributed by atoms with E-state index in [1.54, 1.807) is 6.08 Å². The number of allylic oxidation sites excluding steroid dienone is 5. The lowest BCUT2D eigenvalue weighted by Crippen LogP contribution is -2.45. The monoisotopic (exact) mass is 937 g/mol. The molecule has 0 aliphatic carbocycles. The van der Waals surface area contributed by atoms with Gasteiger partial charge in [0.15, 0.2) is 0 Å². The number of quaternary nitrogens is 1. The Labute approximate surface area is 404 Å². The Morgan fingerprint density at radius 3 is 1.31 bits per heavy atom. The maximum atomic E-state index is 12.9. The SMILES string of the molecule is CCCCC/C=C\C/C=C\CCCCCCCCCC(=O)NC(COP(=O)([O-])OCC[N+](C)(C)C)C(O)/C=C/CCCCCCCCCCCCCCCCCCCCCCCCCC. The van der Waals surface area contributed by atoms with Crippen molar-refractivity contribution in [1.82, 2.24) is 5.32 Å². The van der Waals surface area contributed by atoms with Gasteiger partial charge in [0.05, 0.1) is 39.9 Å². The molecule has 0 aromatic heterocycles. The van der Waals surface area contributed by atoms with E-state index in [4.69, 9.17) is 9.05 Å². The maximum absolute atomic E-state index is 12.9. The van der Waals surface area contributed by atoms with E-state index in [0.29, 0.717) is 17.4 Å². The fourth-order valence-corrected chi connectivity index (χ4v) is 8.91. The van der Waals surface area contributed by atoms with Gasteiger partial charge in [-0.3, -0.25) is 9.36 Å². The Morgan fingerprint density at radius 2 is 0.892 bits per heavy atom. The molecule has 0 aliphatic heterocycles. The molecule has 0 rings (SSSR count). The van der Waals surface area contributed by atoms with Crippen LogP contribution in [-0.2, 0) is 18.4 Å². The van der Waals surface area contributed by atoms with Crippen LogP contribution in [0.5, 0.6) is 0 Å². The molecule has 0 heterocycles. The number of aliphatic hydroxyl groups is 1. The smallest absolute Gasteiger partial charge is 0.268 e. The summed E-state index contributed by atoms with van der Waals surface area (Å²) in [7, 11) is 1.26. The topological polar surface area (TPSA) is 108 Å². The number of hydrogen-bond donors (Lipinski definition) is 2. The number of rotatable bonds is 51. The Bertz CT molecular complexity index is 1150. The van der Waals surface area contributed by atoms with Crippen molar-refractivity contribution in [2.45, 2.75) is 276 Å². The second-order valence-electron chi connectivity index (χ2n) is 20.3. The lowest BCUT2D eigenvalue weighted by atomic mass is 10.0. The Balaban J connectivity index is 4.21. The standard InChI is InChI=1S/C56H109N2O6P/c1-6-8-10-12-14-16-18-20-22-24-25-26-27-28-29-30-31-32-34-35-37-39-41-43-45-47-49-55(59)54(53-64-65(61,62)63-52-51-58(3,4)5)57-56(60)50-48-46-44-42-40-38-36-33-23-21-19-17-15-13-11-9-7-2/h15,17,21,23,47,49,54-55,59H,6-14,16,18-20,22,24-46,48,50-53H2,1-5H3,(H-,57,60,61,62)/b17-15-,23-21-,49-47+. The van der Waals surface area contributed by atoms with Crippen LogP contribution >= 0.6 is 7.82 Å². The second kappa shape index (κ2) is 47.8. The summed E-state index contributed by atoms with van der Waals surface area (Å²) < 4.78 is 23.3. The van der Waals surface area contributed by atoms with E-state index in [1.807, 2.05) is 27.2 Å². The van der Waals surface area contributed by atoms with Gasteiger partial charge in [0.2, 0.25) is 5.91 Å². The molecule has 65 heavy (non-hydrogen) atoms. The molecule has 384 valence electrons. The summed E-state index contributed by atoms with van der Waals surface area (Å²) in [5.41, 5.74) is 0. The fraction of sp³-hybridized carbons (Fsp3) is 0.875. The summed E-state index contributed by atoms with van der Waals surface area (Å²) in [5.74, 6) is -0.203. The van der Waals surface area contributed by atoms with Crippen LogP contribution in [0.3, 0.4) is 0 Å². The van der Waals surface area contributed by atoms with E-state index in [2.05, 4.69) is 43.5 Å². The lowest BCUT2D eigenvalue weighted by molar-refractivity contribution is -0.870. The number of carbonyl (C=O) groups excluding carboxylic acids is 1. The largest absolute Gasteiger partial charge is 0.756 e. The number of aliphatic hydroxyl groups excluding tert-OH is 1. The molecule has 8 nitrogen and oxygen atoms in total. The average Bonchev–Trinajstić information content (AvgIpc) is 3.26. The molecule has 0 aliphatic rings. The lowest BCUT2D eigenvalue weighted by Gasteiger charge is -2.29. The van der Waals surface area contributed by atoms with E-state index in [0.717, 1.165) is 57.8 Å². The van der Waals surface area contributed by atoms with Gasteiger partial charge in [-0.15, -0.1) is 0 Å². The quantitative estimate of drug-likeness (QED) is 0.0272. The van der Waals surface area contributed by atoms with Crippen LogP contribution in [0, 0.1) is 0 Å². The van der Waals surface area contributed by atoms with Crippen molar-refractivity contribution in [3.05, 3.63) is 36.5 Å². The molecule has 2 N–H and O–H groups in total. The molecular formula is C56H109N2O6P. The van der Waals surface area contributed by atoms with Gasteiger partial charge in [-0.25, -0.2) is 0 Å². The summed E-state index contributed by atoms with van der Waals surface area (Å²) in [5, 5.41) is 13.9. The van der Waals surface area contributed by atoms with Crippen molar-refractivity contribution in [1.29, 1.82) is 0 Å². The highest BCUT2D eigenvalue weighted by molar-refractivity contribution is 7.45. The van der Waals surface area contributed by atoms with E-state index >= 15 is 0 Å². The zero-order valence-electron chi connectivity index (χ0n) is 43.7. The van der Waals surface area contributed by atoms with Crippen LogP contribution in [0.15, 0.2) is 36.5 Å². The van der Waals surface area contributed by atoms with Crippen molar-refractivity contribution in [2.75, 3.05) is 40.9 Å². The zero-order chi connectivity index (χ0) is 47.8. The van der Waals surface area contributed by atoms with Gasteiger partial charge < -0.3 is 28.8 Å². The summed E-state index contributed by atoms with van der Waals surface area (Å²) in [6, 6.07) is -0.891. The first-order chi connectivity index (χ1) is 31.5. The molecule has 0 spiro atoms. The van der Waals surface area contributed by atoms with Crippen molar-refractivity contribution in [2.24, 2.45) is 0 Å². The van der Waals surface area contributed by atoms with Crippen LogP contribution in [0.1, 0.15) is 264 Å². The first-order valence-corrected chi connectivity index (χ1v) is 29.3. The summed E-state index contributed by atoms with van der Waals surface area (Å²) in [6.45, 7) is 4.64. The molecule has 3 unspecified atom stereocenters. The minimum Gasteiger partial charge on any atom is -0.756 e. The molecule has 0 fully saturated rings. The molecule has 3 atom stereocenters. The number of nitrogens with one attached hydrogen (secondary N) is 1. The third kappa shape index (κ3) is 50.4. The normalized spacial score (nSPS) is 14.3. The van der Waals surface area contributed by atoms with E-state index < -0.39 is 20.0 Å². The predicted octanol–water partition coefficient (Wildman–Crippen LogP) is 16.0. The number of unbranched alkanes of at least 4 members (excludes halogenated alkanes) is 34. The third-order valence-electron chi connectivity index (χ3n) is 12.6. The van der Waals surface area contributed by atoms with Crippen molar-refractivity contribution in [3.8, 4) is 0 Å². The summed E-state index contributed by atoms with van der Waals surface area (Å²) in [4.78, 5) is 25.4. The number of likely N-dealkylation sites (N-methyl/N-ethyl adjacent to an activating group) is 1. The molecule has 1 amide bonds. The Morgan fingerprint density at radius 1 is 0.538 bits per heavy atom. The number of phosphoric ester groups is 1. The first-order valence-electron chi connectivity index (χ1n) is 27.9. The Kier molecular flexibility index (Phi) is 46.8. The molecular weight excluding hydrogens is 828 g/mol. The van der Waals surface area contributed by atoms with E-state index in [1.165, 1.54) is 186 Å². The third-order valence-corrected chi connectivity index (χ3v) is 13.6. The number of hydrogen-bond acceptors (Lipinski definition) is 6. The van der Waals surface area contributed by atoms with Gasteiger partial charge in [0.25, 0.3) is 7.82 Å². The molecule has 0 saturated heterocycles.